The van der Waals surface area contributed by atoms with Crippen molar-refractivity contribution in [3.05, 3.63) is 12.2 Å². The largest absolute Gasteiger partial charge is 0.369 e. The number of alkyl halides is 1. The van der Waals surface area contributed by atoms with Gasteiger partial charge < -0.3 is 4.74 Å². The molecule has 1 rings (SSSR count). The van der Waals surface area contributed by atoms with Gasteiger partial charge in [0.2, 0.25) is 0 Å². The molecule has 7 heavy (non-hydrogen) atoms. The van der Waals surface area contributed by atoms with Crippen LogP contribution in [0.1, 0.15) is 0 Å². The Kier molecular flexibility index (Phi) is 1.71. The Bertz CT molecular complexity index is 80.1. The van der Waals surface area contributed by atoms with Crippen LogP contribution in [0, 0.1) is 0 Å². The number of halogens is 1. The molecule has 0 fully saturated rings. The van der Waals surface area contributed by atoms with E-state index in [9.17, 15) is 0 Å². The van der Waals surface area contributed by atoms with Gasteiger partial charge in [-0.25, -0.2) is 0 Å². The van der Waals surface area contributed by atoms with Crippen LogP contribution >= 0.6 is 11.6 Å². The van der Waals surface area contributed by atoms with E-state index in [0.29, 0.717) is 5.88 Å². The van der Waals surface area contributed by atoms with Crippen LogP contribution in [0.5, 0.6) is 0 Å². The normalized spacial score (nSPS) is 29.0. The average Bonchev–Trinajstić information content (AvgIpc) is 2.14. The fourth-order valence-corrected chi connectivity index (χ4v) is 0.730. The first-order valence-corrected chi connectivity index (χ1v) is 2.81. The van der Waals surface area contributed by atoms with Gasteiger partial charge in [-0.15, -0.1) is 11.6 Å². The second-order valence-corrected chi connectivity index (χ2v) is 1.76. The van der Waals surface area contributed by atoms with Crippen molar-refractivity contribution in [1.82, 2.24) is 0 Å². The summed E-state index contributed by atoms with van der Waals surface area (Å²) in [6.07, 6.45) is 4.14. The third-order valence-corrected chi connectivity index (χ3v) is 1.21. The second kappa shape index (κ2) is 2.34. The molecule has 0 aromatic carbocycles. The molecule has 0 radical (unpaired) electrons. The van der Waals surface area contributed by atoms with E-state index in [1.54, 1.807) is 0 Å². The lowest BCUT2D eigenvalue weighted by Crippen LogP contribution is -2.04. The first-order valence-electron chi connectivity index (χ1n) is 2.27. The third-order valence-electron chi connectivity index (χ3n) is 0.909. The number of ether oxygens (including phenoxy) is 1. The van der Waals surface area contributed by atoms with Gasteiger partial charge in [0.25, 0.3) is 0 Å². The summed E-state index contributed by atoms with van der Waals surface area (Å²) in [5, 5.41) is 0. The number of hydrogen-bond donors (Lipinski definition) is 0. The van der Waals surface area contributed by atoms with Crippen molar-refractivity contribution >= 4 is 11.6 Å². The molecule has 0 bridgehead atoms. The Labute approximate surface area is 47.9 Å². The van der Waals surface area contributed by atoms with Gasteiger partial charge in [-0.2, -0.15) is 0 Å². The summed E-state index contributed by atoms with van der Waals surface area (Å²) in [6, 6.07) is 0. The SMILES string of the molecule is ClCC1C=CCO1. The molecule has 1 atom stereocenters. The van der Waals surface area contributed by atoms with E-state index >= 15 is 0 Å². The van der Waals surface area contributed by atoms with Crippen LogP contribution < -0.4 is 0 Å². The Hall–Kier alpha value is -0.0100. The molecular weight excluding hydrogens is 112 g/mol. The van der Waals surface area contributed by atoms with E-state index in [0.717, 1.165) is 6.61 Å². The summed E-state index contributed by atoms with van der Waals surface area (Å²) in [5.74, 6) is 0.580. The Morgan fingerprint density at radius 2 is 2.71 bits per heavy atom. The minimum absolute atomic E-state index is 0.182. The van der Waals surface area contributed by atoms with Gasteiger partial charge in [0.1, 0.15) is 0 Å². The molecule has 1 heterocycles. The van der Waals surface area contributed by atoms with Gasteiger partial charge in [-0.3, -0.25) is 0 Å². The van der Waals surface area contributed by atoms with Gasteiger partial charge in [-0.1, -0.05) is 12.2 Å². The van der Waals surface area contributed by atoms with E-state index in [1.807, 2.05) is 12.2 Å². The first-order chi connectivity index (χ1) is 3.43. The maximum Gasteiger partial charge on any atom is 0.0896 e. The lowest BCUT2D eigenvalue weighted by atomic mass is 10.4. The molecule has 1 aliphatic rings. The highest BCUT2D eigenvalue weighted by Gasteiger charge is 2.05. The Morgan fingerprint density at radius 1 is 1.86 bits per heavy atom. The van der Waals surface area contributed by atoms with Gasteiger partial charge in [0.05, 0.1) is 18.6 Å². The van der Waals surface area contributed by atoms with Gasteiger partial charge >= 0.3 is 0 Å². The van der Waals surface area contributed by atoms with Crippen LogP contribution in [0.3, 0.4) is 0 Å². The molecule has 1 aliphatic heterocycles. The zero-order valence-electron chi connectivity index (χ0n) is 3.93. The third kappa shape index (κ3) is 1.18. The molecule has 0 amide bonds. The molecular formula is C5H7ClO. The molecule has 0 saturated heterocycles. The lowest BCUT2D eigenvalue weighted by molar-refractivity contribution is 0.144. The fraction of sp³-hybridized carbons (Fsp3) is 0.600. The maximum atomic E-state index is 5.43. The highest BCUT2D eigenvalue weighted by atomic mass is 35.5. The Balaban J connectivity index is 2.28. The first kappa shape index (κ1) is 5.13. The monoisotopic (exact) mass is 118 g/mol. The van der Waals surface area contributed by atoms with E-state index in [1.165, 1.54) is 0 Å². The standard InChI is InChI=1S/C5H7ClO/c6-4-5-2-1-3-7-5/h1-2,5H,3-4H2. The van der Waals surface area contributed by atoms with E-state index in [4.69, 9.17) is 16.3 Å². The van der Waals surface area contributed by atoms with Crippen LogP contribution in [-0.2, 0) is 4.74 Å². The molecule has 0 aliphatic carbocycles. The number of hydrogen-bond acceptors (Lipinski definition) is 1. The van der Waals surface area contributed by atoms with Crippen molar-refractivity contribution in [3.8, 4) is 0 Å². The van der Waals surface area contributed by atoms with Crippen LogP contribution in [0.15, 0.2) is 12.2 Å². The van der Waals surface area contributed by atoms with Crippen molar-refractivity contribution in [2.45, 2.75) is 6.10 Å². The van der Waals surface area contributed by atoms with Crippen molar-refractivity contribution in [2.24, 2.45) is 0 Å². The highest BCUT2D eigenvalue weighted by molar-refractivity contribution is 6.18. The minimum Gasteiger partial charge on any atom is -0.369 e. The predicted octanol–water partition coefficient (Wildman–Crippen LogP) is 1.18. The topological polar surface area (TPSA) is 9.23 Å². The molecule has 0 aromatic heterocycles. The van der Waals surface area contributed by atoms with Crippen LogP contribution in [-0.4, -0.2) is 18.6 Å². The molecule has 0 aromatic rings. The zero-order chi connectivity index (χ0) is 5.11. The predicted molar refractivity (Wildman–Crippen MR) is 29.6 cm³/mol. The van der Waals surface area contributed by atoms with Crippen LogP contribution in [0.4, 0.5) is 0 Å². The van der Waals surface area contributed by atoms with Crippen molar-refractivity contribution in [1.29, 1.82) is 0 Å². The summed E-state index contributed by atoms with van der Waals surface area (Å²) < 4.78 is 5.06. The average molecular weight is 119 g/mol. The Morgan fingerprint density at radius 3 is 3.00 bits per heavy atom. The van der Waals surface area contributed by atoms with Crippen LogP contribution in [0.2, 0.25) is 0 Å². The van der Waals surface area contributed by atoms with Crippen LogP contribution in [0.25, 0.3) is 0 Å². The second-order valence-electron chi connectivity index (χ2n) is 1.45. The summed E-state index contributed by atoms with van der Waals surface area (Å²) in [7, 11) is 0. The van der Waals surface area contributed by atoms with E-state index in [2.05, 4.69) is 0 Å². The molecule has 1 unspecified atom stereocenters. The van der Waals surface area contributed by atoms with Crippen molar-refractivity contribution < 1.29 is 4.74 Å². The molecule has 0 saturated carbocycles. The summed E-state index contributed by atoms with van der Waals surface area (Å²) in [6.45, 7) is 0.734. The maximum absolute atomic E-state index is 5.43. The zero-order valence-corrected chi connectivity index (χ0v) is 4.69. The molecule has 0 N–H and O–H groups in total. The summed E-state index contributed by atoms with van der Waals surface area (Å²) in [5.41, 5.74) is 0. The summed E-state index contributed by atoms with van der Waals surface area (Å²) >= 11 is 5.43. The quantitative estimate of drug-likeness (QED) is 0.371. The van der Waals surface area contributed by atoms with E-state index < -0.39 is 0 Å². The van der Waals surface area contributed by atoms with Gasteiger partial charge in [0.15, 0.2) is 0 Å². The highest BCUT2D eigenvalue weighted by Crippen LogP contribution is 2.03. The molecule has 40 valence electrons. The fourth-order valence-electron chi connectivity index (χ4n) is 0.538. The molecule has 0 spiro atoms. The van der Waals surface area contributed by atoms with Crippen molar-refractivity contribution in [3.63, 3.8) is 0 Å². The van der Waals surface area contributed by atoms with E-state index in [-0.39, 0.29) is 6.10 Å². The summed E-state index contributed by atoms with van der Waals surface area (Å²) in [4.78, 5) is 0. The lowest BCUT2D eigenvalue weighted by Gasteiger charge is -1.98. The number of rotatable bonds is 1. The van der Waals surface area contributed by atoms with Gasteiger partial charge in [-0.05, 0) is 0 Å². The molecule has 1 nitrogen and oxygen atoms in total. The molecule has 2 heteroatoms. The smallest absolute Gasteiger partial charge is 0.0896 e. The minimum atomic E-state index is 0.182. The van der Waals surface area contributed by atoms with Gasteiger partial charge in [0, 0.05) is 0 Å². The van der Waals surface area contributed by atoms with Crippen molar-refractivity contribution in [2.75, 3.05) is 12.5 Å².